The Bertz CT molecular complexity index is 3300. The Balaban J connectivity index is 1.12. The molecule has 264 valence electrons. The predicted octanol–water partition coefficient (Wildman–Crippen LogP) is 15.4. The second kappa shape index (κ2) is 11.1. The monoisotopic (exact) mass is 712 g/mol. The van der Waals surface area contributed by atoms with Crippen molar-refractivity contribution in [1.82, 2.24) is 0 Å². The fraction of sp³-hybridized carbons (Fsp3) is 0.107. The molecule has 0 fully saturated rings. The number of rotatable bonds is 2. The highest BCUT2D eigenvalue weighted by atomic mass is 14.4. The van der Waals surface area contributed by atoms with Crippen molar-refractivity contribution >= 4 is 53.9 Å². The highest BCUT2D eigenvalue weighted by molar-refractivity contribution is 6.24. The van der Waals surface area contributed by atoms with Crippen LogP contribution in [0.3, 0.4) is 0 Å². The highest BCUT2D eigenvalue weighted by Gasteiger charge is 2.40. The average Bonchev–Trinajstić information content (AvgIpc) is 3.62. The predicted molar refractivity (Wildman–Crippen MR) is 240 cm³/mol. The zero-order chi connectivity index (χ0) is 37.5. The lowest BCUT2D eigenvalue weighted by molar-refractivity contribution is 0.660. The fourth-order valence-corrected chi connectivity index (χ4v) is 11.2. The SMILES string of the molecule is CC1(C)c2ccccc2-c2ccc(-c3c4ccccc4c(-c4ccc5c6c(c7ccccc7c5c4)-c4ccc5ccccc5c4C6(C)C)c4ccccc34)cc21. The van der Waals surface area contributed by atoms with Crippen LogP contribution in [0.5, 0.6) is 0 Å². The van der Waals surface area contributed by atoms with Gasteiger partial charge in [-0.1, -0.05) is 185 Å². The molecule has 0 heteroatoms. The van der Waals surface area contributed by atoms with E-state index in [-0.39, 0.29) is 10.8 Å². The molecular formula is C56H40. The third-order valence-corrected chi connectivity index (χ3v) is 13.6. The van der Waals surface area contributed by atoms with Crippen LogP contribution < -0.4 is 0 Å². The molecule has 0 atom stereocenters. The van der Waals surface area contributed by atoms with Crippen molar-refractivity contribution in [3.63, 3.8) is 0 Å². The Morgan fingerprint density at radius 1 is 0.286 bits per heavy atom. The van der Waals surface area contributed by atoms with E-state index in [1.807, 2.05) is 0 Å². The Hall–Kier alpha value is -6.50. The minimum absolute atomic E-state index is 0.0649. The topological polar surface area (TPSA) is 0 Å². The van der Waals surface area contributed by atoms with Gasteiger partial charge in [-0.3, -0.25) is 0 Å². The van der Waals surface area contributed by atoms with E-state index in [4.69, 9.17) is 0 Å². The molecule has 0 unspecified atom stereocenters. The van der Waals surface area contributed by atoms with Gasteiger partial charge in [0.25, 0.3) is 0 Å². The molecule has 10 aromatic carbocycles. The molecule has 0 saturated carbocycles. The van der Waals surface area contributed by atoms with Gasteiger partial charge in [-0.05, 0) is 133 Å². The van der Waals surface area contributed by atoms with Crippen molar-refractivity contribution in [2.24, 2.45) is 0 Å². The number of hydrogen-bond acceptors (Lipinski definition) is 0. The maximum absolute atomic E-state index is 2.50. The fourth-order valence-electron chi connectivity index (χ4n) is 11.2. The smallest absolute Gasteiger partial charge is 0.0171 e. The lowest BCUT2D eigenvalue weighted by atomic mass is 9.77. The highest BCUT2D eigenvalue weighted by Crippen LogP contribution is 2.57. The number of benzene rings is 10. The van der Waals surface area contributed by atoms with E-state index in [0.29, 0.717) is 0 Å². The Kier molecular flexibility index (Phi) is 6.28. The van der Waals surface area contributed by atoms with Crippen molar-refractivity contribution in [2.75, 3.05) is 0 Å². The standard InChI is InChI=1S/C56H40/c1-55(2)48-24-14-13-18-38(48)39-28-26-35(32-49(39)55)51-43-22-11-9-20-41(43)50(42-21-10-12-23-44(42)51)34-27-29-45-47(31-34)37-17-7-8-19-40(37)52-46-30-25-33-15-5-6-16-36(33)53(46)56(3,4)54(45)52/h5-32H,1-4H3. The molecule has 0 aromatic heterocycles. The van der Waals surface area contributed by atoms with Crippen molar-refractivity contribution in [3.8, 4) is 44.5 Å². The van der Waals surface area contributed by atoms with E-state index in [1.165, 1.54) is 121 Å². The summed E-state index contributed by atoms with van der Waals surface area (Å²) in [4.78, 5) is 0. The van der Waals surface area contributed by atoms with E-state index in [1.54, 1.807) is 0 Å². The number of fused-ring (bicyclic) bond motifs is 15. The van der Waals surface area contributed by atoms with Gasteiger partial charge < -0.3 is 0 Å². The third-order valence-electron chi connectivity index (χ3n) is 13.6. The van der Waals surface area contributed by atoms with Crippen molar-refractivity contribution in [1.29, 1.82) is 0 Å². The largest absolute Gasteiger partial charge is 0.0619 e. The average molecular weight is 713 g/mol. The molecule has 10 aromatic rings. The molecule has 0 nitrogen and oxygen atoms in total. The van der Waals surface area contributed by atoms with Crippen LogP contribution in [-0.4, -0.2) is 0 Å². The van der Waals surface area contributed by atoms with Crippen LogP contribution in [0.25, 0.3) is 98.4 Å². The molecule has 2 aliphatic rings. The first-order valence-electron chi connectivity index (χ1n) is 20.0. The molecule has 0 heterocycles. The zero-order valence-electron chi connectivity index (χ0n) is 32.2. The molecule has 0 radical (unpaired) electrons. The first-order valence-corrected chi connectivity index (χ1v) is 20.0. The molecular weight excluding hydrogens is 673 g/mol. The normalized spacial score (nSPS) is 14.7. The van der Waals surface area contributed by atoms with Gasteiger partial charge >= 0.3 is 0 Å². The Morgan fingerprint density at radius 2 is 0.786 bits per heavy atom. The molecule has 0 saturated heterocycles. The molecule has 12 rings (SSSR count). The van der Waals surface area contributed by atoms with Crippen LogP contribution in [-0.2, 0) is 10.8 Å². The minimum Gasteiger partial charge on any atom is -0.0619 e. The Morgan fingerprint density at radius 3 is 1.46 bits per heavy atom. The second-order valence-electron chi connectivity index (χ2n) is 17.2. The third kappa shape index (κ3) is 4.04. The lowest BCUT2D eigenvalue weighted by Crippen LogP contribution is -2.16. The summed E-state index contributed by atoms with van der Waals surface area (Å²) in [6.45, 7) is 9.62. The van der Waals surface area contributed by atoms with Gasteiger partial charge in [0.1, 0.15) is 0 Å². The second-order valence-corrected chi connectivity index (χ2v) is 17.2. The minimum atomic E-state index is -0.165. The summed E-state index contributed by atoms with van der Waals surface area (Å²) < 4.78 is 0. The summed E-state index contributed by atoms with van der Waals surface area (Å²) >= 11 is 0. The molecule has 0 spiro atoms. The summed E-state index contributed by atoms with van der Waals surface area (Å²) in [5.74, 6) is 0. The summed E-state index contributed by atoms with van der Waals surface area (Å²) in [5.41, 5.74) is 16.1. The summed E-state index contributed by atoms with van der Waals surface area (Å²) in [6.07, 6.45) is 0. The molecule has 0 aliphatic heterocycles. The summed E-state index contributed by atoms with van der Waals surface area (Å²) in [6, 6.07) is 64.3. The molecule has 0 bridgehead atoms. The van der Waals surface area contributed by atoms with E-state index < -0.39 is 0 Å². The number of hydrogen-bond donors (Lipinski definition) is 0. The lowest BCUT2D eigenvalue weighted by Gasteiger charge is -2.25. The van der Waals surface area contributed by atoms with E-state index in [0.717, 1.165) is 0 Å². The van der Waals surface area contributed by atoms with Crippen LogP contribution in [0.1, 0.15) is 49.9 Å². The van der Waals surface area contributed by atoms with Crippen LogP contribution in [0.4, 0.5) is 0 Å². The Labute approximate surface area is 327 Å². The molecule has 0 amide bonds. The van der Waals surface area contributed by atoms with Gasteiger partial charge in [-0.15, -0.1) is 0 Å². The maximum atomic E-state index is 2.50. The van der Waals surface area contributed by atoms with Crippen LogP contribution in [0.15, 0.2) is 170 Å². The van der Waals surface area contributed by atoms with E-state index in [2.05, 4.69) is 198 Å². The molecule has 0 N–H and O–H groups in total. The van der Waals surface area contributed by atoms with Gasteiger partial charge in [0.2, 0.25) is 0 Å². The van der Waals surface area contributed by atoms with Gasteiger partial charge in [-0.25, -0.2) is 0 Å². The van der Waals surface area contributed by atoms with Crippen LogP contribution >= 0.6 is 0 Å². The van der Waals surface area contributed by atoms with Gasteiger partial charge in [0, 0.05) is 10.8 Å². The van der Waals surface area contributed by atoms with Crippen LogP contribution in [0, 0.1) is 0 Å². The molecule has 2 aliphatic carbocycles. The van der Waals surface area contributed by atoms with Crippen molar-refractivity contribution in [2.45, 2.75) is 38.5 Å². The van der Waals surface area contributed by atoms with E-state index >= 15 is 0 Å². The van der Waals surface area contributed by atoms with Crippen molar-refractivity contribution in [3.05, 3.63) is 192 Å². The first kappa shape index (κ1) is 31.8. The first-order chi connectivity index (χ1) is 27.3. The summed E-state index contributed by atoms with van der Waals surface area (Å²) in [5, 5.41) is 13.1. The van der Waals surface area contributed by atoms with Crippen molar-refractivity contribution < 1.29 is 0 Å². The maximum Gasteiger partial charge on any atom is 0.0171 e. The van der Waals surface area contributed by atoms with E-state index in [9.17, 15) is 0 Å². The molecule has 56 heavy (non-hydrogen) atoms. The summed E-state index contributed by atoms with van der Waals surface area (Å²) in [7, 11) is 0. The quantitative estimate of drug-likeness (QED) is 0.124. The van der Waals surface area contributed by atoms with Gasteiger partial charge in [0.05, 0.1) is 0 Å². The van der Waals surface area contributed by atoms with Crippen LogP contribution in [0.2, 0.25) is 0 Å². The van der Waals surface area contributed by atoms with Gasteiger partial charge in [-0.2, -0.15) is 0 Å². The zero-order valence-corrected chi connectivity index (χ0v) is 32.2. The van der Waals surface area contributed by atoms with Gasteiger partial charge in [0.15, 0.2) is 0 Å².